The molecule has 1 rings (SSSR count). The van der Waals surface area contributed by atoms with Gasteiger partial charge in [-0.25, -0.2) is 18.7 Å². The number of halogens is 3. The zero-order valence-electron chi connectivity index (χ0n) is 6.80. The molecule has 13 heavy (non-hydrogen) atoms. The molecule has 72 valence electrons. The molecule has 6 heteroatoms. The molecule has 0 spiro atoms. The van der Waals surface area contributed by atoms with Crippen molar-refractivity contribution < 1.29 is 13.5 Å². The molecular formula is C7H7ClF2N2O. The van der Waals surface area contributed by atoms with Crippen LogP contribution in [0.2, 0.25) is 5.15 Å². The Morgan fingerprint density at radius 2 is 2.23 bits per heavy atom. The highest BCUT2D eigenvalue weighted by molar-refractivity contribution is 6.29. The van der Waals surface area contributed by atoms with Crippen LogP contribution in [0.5, 0.6) is 0 Å². The Morgan fingerprint density at radius 1 is 1.54 bits per heavy atom. The van der Waals surface area contributed by atoms with Crippen molar-refractivity contribution in [2.45, 2.75) is 13.0 Å². The Kier molecular flexibility index (Phi) is 3.50. The van der Waals surface area contributed by atoms with Gasteiger partial charge in [-0.2, -0.15) is 0 Å². The minimum absolute atomic E-state index is 0.00245. The summed E-state index contributed by atoms with van der Waals surface area (Å²) in [5.74, 6) is 0.158. The Hall–Kier alpha value is -0.810. The van der Waals surface area contributed by atoms with Gasteiger partial charge in [0.25, 0.3) is 6.43 Å². The average Bonchev–Trinajstić information content (AvgIpc) is 2.03. The van der Waals surface area contributed by atoms with Crippen molar-refractivity contribution in [2.24, 2.45) is 0 Å². The lowest BCUT2D eigenvalue weighted by molar-refractivity contribution is 0.142. The van der Waals surface area contributed by atoms with Crippen LogP contribution < -0.4 is 0 Å². The van der Waals surface area contributed by atoms with Crippen molar-refractivity contribution in [1.29, 1.82) is 0 Å². The summed E-state index contributed by atoms with van der Waals surface area (Å²) in [6.45, 7) is 0.0697. The van der Waals surface area contributed by atoms with E-state index in [2.05, 4.69) is 14.7 Å². The molecule has 1 aromatic rings. The Bertz CT molecular complexity index is 296. The molecular weight excluding hydrogens is 202 g/mol. The maximum Gasteiger partial charge on any atom is 0.280 e. The van der Waals surface area contributed by atoms with Gasteiger partial charge in [-0.3, -0.25) is 0 Å². The molecule has 0 radical (unpaired) electrons. The molecule has 0 unspecified atom stereocenters. The fraction of sp³-hybridized carbons (Fsp3) is 0.429. The number of nitrogens with zero attached hydrogens (tertiary/aromatic N) is 2. The maximum absolute atomic E-state index is 12.2. The second kappa shape index (κ2) is 4.43. The van der Waals surface area contributed by atoms with Crippen molar-refractivity contribution in [1.82, 2.24) is 9.97 Å². The summed E-state index contributed by atoms with van der Waals surface area (Å²) < 4.78 is 29.0. The maximum atomic E-state index is 12.2. The zero-order chi connectivity index (χ0) is 9.84. The molecule has 0 atom stereocenters. The van der Waals surface area contributed by atoms with Gasteiger partial charge in [0.2, 0.25) is 0 Å². The van der Waals surface area contributed by atoms with Gasteiger partial charge in [0, 0.05) is 13.2 Å². The van der Waals surface area contributed by atoms with Crippen molar-refractivity contribution in [3.05, 3.63) is 22.7 Å². The Labute approximate surface area is 78.7 Å². The van der Waals surface area contributed by atoms with Crippen LogP contribution in [-0.4, -0.2) is 17.1 Å². The highest BCUT2D eigenvalue weighted by Gasteiger charge is 2.11. The summed E-state index contributed by atoms with van der Waals surface area (Å²) >= 11 is 5.49. The third-order valence-electron chi connectivity index (χ3n) is 1.26. The minimum atomic E-state index is -2.64. The standard InChI is InChI=1S/C7H7ClF2N2O/c1-13-3-6-11-4(7(9)10)2-5(8)12-6/h2,7H,3H2,1H3. The highest BCUT2D eigenvalue weighted by Crippen LogP contribution is 2.19. The second-order valence-electron chi connectivity index (χ2n) is 2.27. The molecule has 1 heterocycles. The normalized spacial score (nSPS) is 10.8. The first kappa shape index (κ1) is 10.3. The largest absolute Gasteiger partial charge is 0.377 e. The van der Waals surface area contributed by atoms with E-state index in [0.717, 1.165) is 6.07 Å². The van der Waals surface area contributed by atoms with Gasteiger partial charge in [0.1, 0.15) is 17.5 Å². The van der Waals surface area contributed by atoms with Crippen LogP contribution in [0, 0.1) is 0 Å². The lowest BCUT2D eigenvalue weighted by Gasteiger charge is -2.02. The number of rotatable bonds is 3. The first-order chi connectivity index (χ1) is 6.13. The van der Waals surface area contributed by atoms with E-state index >= 15 is 0 Å². The molecule has 0 saturated heterocycles. The topological polar surface area (TPSA) is 35.0 Å². The molecule has 0 saturated carbocycles. The third kappa shape index (κ3) is 2.86. The Morgan fingerprint density at radius 3 is 2.77 bits per heavy atom. The van der Waals surface area contributed by atoms with Crippen molar-refractivity contribution in [2.75, 3.05) is 7.11 Å². The molecule has 0 aliphatic carbocycles. The molecule has 0 N–H and O–H groups in total. The second-order valence-corrected chi connectivity index (χ2v) is 2.65. The van der Waals surface area contributed by atoms with Crippen LogP contribution in [0.25, 0.3) is 0 Å². The Balaban J connectivity index is 2.96. The number of ether oxygens (including phenoxy) is 1. The van der Waals surface area contributed by atoms with Crippen LogP contribution in [0.15, 0.2) is 6.07 Å². The predicted octanol–water partition coefficient (Wildman–Crippen LogP) is 2.21. The fourth-order valence-corrected chi connectivity index (χ4v) is 0.999. The molecule has 0 fully saturated rings. The van der Waals surface area contributed by atoms with Crippen LogP contribution in [-0.2, 0) is 11.3 Å². The minimum Gasteiger partial charge on any atom is -0.377 e. The molecule has 0 aromatic carbocycles. The summed E-state index contributed by atoms with van der Waals surface area (Å²) in [6, 6.07) is 1.03. The lowest BCUT2D eigenvalue weighted by atomic mass is 10.4. The van der Waals surface area contributed by atoms with Crippen LogP contribution in [0.4, 0.5) is 8.78 Å². The molecule has 0 amide bonds. The molecule has 3 nitrogen and oxygen atoms in total. The first-order valence-electron chi connectivity index (χ1n) is 3.44. The summed E-state index contributed by atoms with van der Waals surface area (Å²) in [6.07, 6.45) is -2.64. The highest BCUT2D eigenvalue weighted by atomic mass is 35.5. The van der Waals surface area contributed by atoms with Gasteiger partial charge in [0.05, 0.1) is 0 Å². The quantitative estimate of drug-likeness (QED) is 0.715. The SMILES string of the molecule is COCc1nc(Cl)cc(C(F)F)n1. The van der Waals surface area contributed by atoms with Gasteiger partial charge < -0.3 is 4.74 Å². The van der Waals surface area contributed by atoms with E-state index in [-0.39, 0.29) is 23.3 Å². The zero-order valence-corrected chi connectivity index (χ0v) is 7.55. The summed E-state index contributed by atoms with van der Waals surface area (Å²) in [5.41, 5.74) is -0.382. The summed E-state index contributed by atoms with van der Waals surface area (Å²) in [7, 11) is 1.42. The predicted molar refractivity (Wildman–Crippen MR) is 42.7 cm³/mol. The third-order valence-corrected chi connectivity index (χ3v) is 1.45. The number of alkyl halides is 2. The van der Waals surface area contributed by atoms with Crippen LogP contribution in [0.1, 0.15) is 17.9 Å². The van der Waals surface area contributed by atoms with Gasteiger partial charge in [0.15, 0.2) is 5.82 Å². The fourth-order valence-electron chi connectivity index (χ4n) is 0.789. The summed E-state index contributed by atoms with van der Waals surface area (Å²) in [5, 5.41) is -0.00245. The van der Waals surface area contributed by atoms with Gasteiger partial charge in [-0.1, -0.05) is 11.6 Å². The van der Waals surface area contributed by atoms with Gasteiger partial charge in [-0.05, 0) is 0 Å². The van der Waals surface area contributed by atoms with Crippen LogP contribution in [0.3, 0.4) is 0 Å². The van der Waals surface area contributed by atoms with E-state index in [9.17, 15) is 8.78 Å². The number of hydrogen-bond donors (Lipinski definition) is 0. The van der Waals surface area contributed by atoms with E-state index in [4.69, 9.17) is 11.6 Å². The number of aromatic nitrogens is 2. The van der Waals surface area contributed by atoms with E-state index in [1.54, 1.807) is 0 Å². The van der Waals surface area contributed by atoms with Gasteiger partial charge in [-0.15, -0.1) is 0 Å². The lowest BCUT2D eigenvalue weighted by Crippen LogP contribution is -2.01. The number of methoxy groups -OCH3 is 1. The van der Waals surface area contributed by atoms with E-state index in [0.29, 0.717) is 0 Å². The molecule has 1 aromatic heterocycles. The van der Waals surface area contributed by atoms with Crippen molar-refractivity contribution in [3.8, 4) is 0 Å². The van der Waals surface area contributed by atoms with Crippen molar-refractivity contribution >= 4 is 11.6 Å². The van der Waals surface area contributed by atoms with Gasteiger partial charge >= 0.3 is 0 Å². The number of hydrogen-bond acceptors (Lipinski definition) is 3. The van der Waals surface area contributed by atoms with Crippen LogP contribution >= 0.6 is 11.6 Å². The van der Waals surface area contributed by atoms with E-state index in [1.165, 1.54) is 7.11 Å². The van der Waals surface area contributed by atoms with E-state index < -0.39 is 6.43 Å². The molecule has 0 aliphatic heterocycles. The molecule has 0 aliphatic rings. The van der Waals surface area contributed by atoms with Crippen molar-refractivity contribution in [3.63, 3.8) is 0 Å². The molecule has 0 bridgehead atoms. The first-order valence-corrected chi connectivity index (χ1v) is 3.81. The summed E-state index contributed by atoms with van der Waals surface area (Å²) in [4.78, 5) is 7.25. The van der Waals surface area contributed by atoms with E-state index in [1.807, 2.05) is 0 Å². The smallest absolute Gasteiger partial charge is 0.280 e. The monoisotopic (exact) mass is 208 g/mol. The average molecular weight is 209 g/mol.